The van der Waals surface area contributed by atoms with E-state index in [4.69, 9.17) is 15.1 Å². The summed E-state index contributed by atoms with van der Waals surface area (Å²) in [5, 5.41) is 17.9. The predicted molar refractivity (Wildman–Crippen MR) is 69.3 cm³/mol. The summed E-state index contributed by atoms with van der Waals surface area (Å²) in [5.41, 5.74) is 0.524. The molecule has 0 saturated heterocycles. The van der Waals surface area contributed by atoms with Crippen LogP contribution in [0.25, 0.3) is 0 Å². The van der Waals surface area contributed by atoms with Crippen molar-refractivity contribution in [2.75, 3.05) is 0 Å². The van der Waals surface area contributed by atoms with E-state index in [-0.39, 0.29) is 22.6 Å². The van der Waals surface area contributed by atoms with Crippen molar-refractivity contribution in [1.82, 2.24) is 0 Å². The second-order valence-corrected chi connectivity index (χ2v) is 4.11. The number of hydrogen-bond donors (Lipinski definition) is 1. The number of aromatic carboxylic acids is 1. The van der Waals surface area contributed by atoms with Crippen LogP contribution < -0.4 is 4.74 Å². The molecule has 0 aromatic heterocycles. The first kappa shape index (κ1) is 13.6. The van der Waals surface area contributed by atoms with Gasteiger partial charge in [0.15, 0.2) is 0 Å². The van der Waals surface area contributed by atoms with Gasteiger partial charge in [-0.05, 0) is 36.8 Å². The highest BCUT2D eigenvalue weighted by molar-refractivity contribution is 5.88. The van der Waals surface area contributed by atoms with Gasteiger partial charge in [0.1, 0.15) is 28.9 Å². The third kappa shape index (κ3) is 2.59. The van der Waals surface area contributed by atoms with E-state index in [2.05, 4.69) is 0 Å². The number of benzene rings is 2. The Morgan fingerprint density at radius 3 is 2.70 bits per heavy atom. The monoisotopic (exact) mass is 271 g/mol. The van der Waals surface area contributed by atoms with Gasteiger partial charge < -0.3 is 9.84 Å². The van der Waals surface area contributed by atoms with Gasteiger partial charge in [0.25, 0.3) is 0 Å². The van der Waals surface area contributed by atoms with E-state index < -0.39 is 11.8 Å². The number of rotatable bonds is 3. The molecule has 100 valence electrons. The molecule has 0 atom stereocenters. The average Bonchev–Trinajstić information content (AvgIpc) is 2.41. The van der Waals surface area contributed by atoms with Crippen molar-refractivity contribution in [1.29, 1.82) is 5.26 Å². The normalized spacial score (nSPS) is 9.85. The number of hydrogen-bond acceptors (Lipinski definition) is 3. The first-order valence-electron chi connectivity index (χ1n) is 5.73. The third-order valence-corrected chi connectivity index (χ3v) is 2.74. The highest BCUT2D eigenvalue weighted by atomic mass is 19.1. The Morgan fingerprint density at radius 1 is 1.30 bits per heavy atom. The largest absolute Gasteiger partial charge is 0.478 e. The first-order valence-corrected chi connectivity index (χ1v) is 5.73. The summed E-state index contributed by atoms with van der Waals surface area (Å²) in [4.78, 5) is 10.9. The quantitative estimate of drug-likeness (QED) is 0.927. The summed E-state index contributed by atoms with van der Waals surface area (Å²) in [6.45, 7) is 1.73. The molecule has 0 radical (unpaired) electrons. The van der Waals surface area contributed by atoms with Gasteiger partial charge in [0, 0.05) is 0 Å². The number of nitrogens with zero attached hydrogens (tertiary/aromatic N) is 1. The van der Waals surface area contributed by atoms with Crippen LogP contribution >= 0.6 is 0 Å². The van der Waals surface area contributed by atoms with Crippen LogP contribution in [0.4, 0.5) is 4.39 Å². The van der Waals surface area contributed by atoms with Gasteiger partial charge in [0.05, 0.1) is 5.56 Å². The molecule has 1 N–H and O–H groups in total. The molecule has 0 heterocycles. The topological polar surface area (TPSA) is 70.3 Å². The molecule has 4 nitrogen and oxygen atoms in total. The molecule has 0 unspecified atom stereocenters. The number of halogens is 1. The average molecular weight is 271 g/mol. The predicted octanol–water partition coefficient (Wildman–Crippen LogP) is 3.50. The molecule has 0 amide bonds. The number of carbonyl (C=O) groups is 1. The molecule has 2 aromatic carbocycles. The van der Waals surface area contributed by atoms with E-state index in [1.165, 1.54) is 24.3 Å². The minimum atomic E-state index is -1.09. The van der Waals surface area contributed by atoms with Crippen LogP contribution in [-0.2, 0) is 0 Å². The fourth-order valence-electron chi connectivity index (χ4n) is 1.66. The van der Waals surface area contributed by atoms with Gasteiger partial charge in [-0.3, -0.25) is 0 Å². The maximum Gasteiger partial charge on any atom is 0.335 e. The molecule has 0 spiro atoms. The maximum absolute atomic E-state index is 13.5. The molecule has 5 heteroatoms. The number of aryl methyl sites for hydroxylation is 1. The molecule has 0 saturated carbocycles. The Hall–Kier alpha value is -2.87. The standard InChI is InChI=1S/C15H10FNO3/c1-9-5-6-10(15(18)19)7-14(9)20-13-4-2-3-12(16)11(13)8-17/h2-7H,1H3,(H,18,19). The van der Waals surface area contributed by atoms with Gasteiger partial charge in [0.2, 0.25) is 0 Å². The Morgan fingerprint density at radius 2 is 2.05 bits per heavy atom. The molecule has 0 aliphatic rings. The lowest BCUT2D eigenvalue weighted by atomic mass is 10.1. The van der Waals surface area contributed by atoms with Crippen molar-refractivity contribution in [3.05, 3.63) is 58.9 Å². The lowest BCUT2D eigenvalue weighted by Crippen LogP contribution is -1.98. The summed E-state index contributed by atoms with van der Waals surface area (Å²) in [6, 6.07) is 10.1. The lowest BCUT2D eigenvalue weighted by Gasteiger charge is -2.11. The van der Waals surface area contributed by atoms with Gasteiger partial charge >= 0.3 is 5.97 Å². The molecule has 0 aliphatic carbocycles. The van der Waals surface area contributed by atoms with Crippen molar-refractivity contribution in [2.45, 2.75) is 6.92 Å². The Balaban J connectivity index is 2.45. The van der Waals surface area contributed by atoms with Gasteiger partial charge in [-0.25, -0.2) is 9.18 Å². The highest BCUT2D eigenvalue weighted by Gasteiger charge is 2.12. The van der Waals surface area contributed by atoms with Crippen molar-refractivity contribution in [3.63, 3.8) is 0 Å². The van der Waals surface area contributed by atoms with E-state index in [0.29, 0.717) is 5.56 Å². The second kappa shape index (κ2) is 5.41. The van der Waals surface area contributed by atoms with Crippen LogP contribution in [0.2, 0.25) is 0 Å². The zero-order valence-electron chi connectivity index (χ0n) is 10.6. The van der Waals surface area contributed by atoms with Gasteiger partial charge in [-0.15, -0.1) is 0 Å². The smallest absolute Gasteiger partial charge is 0.335 e. The lowest BCUT2D eigenvalue weighted by molar-refractivity contribution is 0.0696. The fraction of sp³-hybridized carbons (Fsp3) is 0.0667. The molecule has 20 heavy (non-hydrogen) atoms. The Labute approximate surface area is 114 Å². The third-order valence-electron chi connectivity index (χ3n) is 2.74. The minimum absolute atomic E-state index is 0.0538. The summed E-state index contributed by atoms with van der Waals surface area (Å²) >= 11 is 0. The molecule has 0 bridgehead atoms. The highest BCUT2D eigenvalue weighted by Crippen LogP contribution is 2.29. The van der Waals surface area contributed by atoms with Gasteiger partial charge in [-0.1, -0.05) is 12.1 Å². The van der Waals surface area contributed by atoms with E-state index in [1.807, 2.05) is 0 Å². The van der Waals surface area contributed by atoms with Crippen LogP contribution in [0.3, 0.4) is 0 Å². The van der Waals surface area contributed by atoms with E-state index in [9.17, 15) is 9.18 Å². The molecule has 0 fully saturated rings. The summed E-state index contributed by atoms with van der Waals surface area (Å²) in [6.07, 6.45) is 0. The first-order chi connectivity index (χ1) is 9.52. The second-order valence-electron chi connectivity index (χ2n) is 4.11. The van der Waals surface area contributed by atoms with Crippen LogP contribution in [0, 0.1) is 24.1 Å². The van der Waals surface area contributed by atoms with E-state index in [0.717, 1.165) is 6.07 Å². The van der Waals surface area contributed by atoms with Crippen LogP contribution in [0.1, 0.15) is 21.5 Å². The van der Waals surface area contributed by atoms with Crippen molar-refractivity contribution >= 4 is 5.97 Å². The fourth-order valence-corrected chi connectivity index (χ4v) is 1.66. The van der Waals surface area contributed by atoms with Crippen molar-refractivity contribution in [2.24, 2.45) is 0 Å². The minimum Gasteiger partial charge on any atom is -0.478 e. The van der Waals surface area contributed by atoms with Crippen LogP contribution in [0.5, 0.6) is 11.5 Å². The molecule has 2 aromatic rings. The summed E-state index contributed by atoms with van der Waals surface area (Å²) in [7, 11) is 0. The number of ether oxygens (including phenoxy) is 1. The molecular formula is C15H10FNO3. The van der Waals surface area contributed by atoms with Crippen molar-refractivity contribution in [3.8, 4) is 17.6 Å². The molecule has 2 rings (SSSR count). The SMILES string of the molecule is Cc1ccc(C(=O)O)cc1Oc1cccc(F)c1C#N. The molecular weight excluding hydrogens is 261 g/mol. The molecule has 0 aliphatic heterocycles. The summed E-state index contributed by atoms with van der Waals surface area (Å²) in [5.74, 6) is -1.45. The van der Waals surface area contributed by atoms with Crippen molar-refractivity contribution < 1.29 is 19.0 Å². The Bertz CT molecular complexity index is 720. The van der Waals surface area contributed by atoms with Crippen LogP contribution in [-0.4, -0.2) is 11.1 Å². The zero-order valence-corrected chi connectivity index (χ0v) is 10.6. The number of carboxylic acid groups (broad SMARTS) is 1. The zero-order chi connectivity index (χ0) is 14.7. The van der Waals surface area contributed by atoms with Gasteiger partial charge in [-0.2, -0.15) is 5.26 Å². The summed E-state index contributed by atoms with van der Waals surface area (Å²) < 4.78 is 18.9. The Kier molecular flexibility index (Phi) is 3.67. The number of carboxylic acids is 1. The number of nitriles is 1. The van der Waals surface area contributed by atoms with Crippen LogP contribution in [0.15, 0.2) is 36.4 Å². The van der Waals surface area contributed by atoms with E-state index >= 15 is 0 Å². The van der Waals surface area contributed by atoms with E-state index in [1.54, 1.807) is 19.1 Å². The maximum atomic E-state index is 13.5.